The number of nitrogens with one attached hydrogen (secondary N) is 1. The van der Waals surface area contributed by atoms with Gasteiger partial charge in [-0.1, -0.05) is 32.0 Å². The van der Waals surface area contributed by atoms with Crippen molar-refractivity contribution in [1.29, 1.82) is 0 Å². The lowest BCUT2D eigenvalue weighted by Gasteiger charge is -2.34. The van der Waals surface area contributed by atoms with Crippen LogP contribution < -0.4 is 19.7 Å². The fraction of sp³-hybridized carbons (Fsp3) is 0.357. The zero-order chi connectivity index (χ0) is 25.8. The van der Waals surface area contributed by atoms with Crippen molar-refractivity contribution in [2.24, 2.45) is 0 Å². The molecule has 1 aliphatic heterocycles. The van der Waals surface area contributed by atoms with Crippen molar-refractivity contribution in [3.8, 4) is 11.6 Å². The fourth-order valence-corrected chi connectivity index (χ4v) is 6.01. The Morgan fingerprint density at radius 3 is 2.65 bits per heavy atom. The number of methoxy groups -OCH3 is 1. The van der Waals surface area contributed by atoms with Crippen LogP contribution in [0.4, 0.5) is 17.3 Å². The number of benzene rings is 2. The minimum Gasteiger partial charge on any atom is -0.494 e. The molecule has 2 aromatic heterocycles. The van der Waals surface area contributed by atoms with Gasteiger partial charge in [-0.05, 0) is 36.7 Å². The quantitative estimate of drug-likeness (QED) is 0.252. The molecule has 1 aliphatic rings. The normalized spacial score (nSPS) is 14.4. The van der Waals surface area contributed by atoms with Crippen molar-refractivity contribution in [2.75, 3.05) is 50.6 Å². The lowest BCUT2D eigenvalue weighted by Crippen LogP contribution is -2.44. The Morgan fingerprint density at radius 2 is 1.86 bits per heavy atom. The number of anilines is 3. The molecule has 1 N–H and O–H groups in total. The van der Waals surface area contributed by atoms with Gasteiger partial charge in [-0.15, -0.1) is 23.1 Å². The van der Waals surface area contributed by atoms with Gasteiger partial charge in [0.2, 0.25) is 11.8 Å². The van der Waals surface area contributed by atoms with E-state index in [9.17, 15) is 0 Å². The Labute approximate surface area is 226 Å². The van der Waals surface area contributed by atoms with Gasteiger partial charge in [-0.25, -0.2) is 4.98 Å². The number of piperazine rings is 1. The molecule has 1 saturated heterocycles. The predicted molar refractivity (Wildman–Crippen MR) is 155 cm³/mol. The van der Waals surface area contributed by atoms with Crippen molar-refractivity contribution in [3.05, 3.63) is 59.5 Å². The first kappa shape index (κ1) is 25.6. The van der Waals surface area contributed by atoms with Gasteiger partial charge in [-0.3, -0.25) is 0 Å². The predicted octanol–water partition coefficient (Wildman–Crippen LogP) is 6.27. The molecule has 5 rings (SSSR count). The van der Waals surface area contributed by atoms with E-state index in [0.717, 1.165) is 59.1 Å². The molecule has 0 unspecified atom stereocenters. The average molecular weight is 536 g/mol. The number of hydrogen-bond donors (Lipinski definition) is 1. The molecule has 0 spiro atoms. The minimum absolute atomic E-state index is 0.447. The molecule has 37 heavy (non-hydrogen) atoms. The summed E-state index contributed by atoms with van der Waals surface area (Å²) in [5.74, 6) is 1.82. The van der Waals surface area contributed by atoms with Gasteiger partial charge >= 0.3 is 0 Å². The SMILES string of the molecule is COc1cc(N2CCN(C)CC2)ccc1Nc1nc(OCc2ccccc2SC(C)C)c2sccc2n1. The highest BCUT2D eigenvalue weighted by molar-refractivity contribution is 8.00. The Kier molecular flexibility index (Phi) is 8.02. The van der Waals surface area contributed by atoms with E-state index < -0.39 is 0 Å². The molecule has 0 bridgehead atoms. The maximum atomic E-state index is 6.29. The molecule has 3 heterocycles. The van der Waals surface area contributed by atoms with E-state index in [-0.39, 0.29) is 0 Å². The second kappa shape index (κ2) is 11.6. The molecular formula is C28H33N5O2S2. The van der Waals surface area contributed by atoms with E-state index in [1.807, 2.05) is 29.3 Å². The van der Waals surface area contributed by atoms with Crippen molar-refractivity contribution in [1.82, 2.24) is 14.9 Å². The molecule has 1 fully saturated rings. The summed E-state index contributed by atoms with van der Waals surface area (Å²) in [5.41, 5.74) is 3.99. The maximum Gasteiger partial charge on any atom is 0.237 e. The van der Waals surface area contributed by atoms with Gasteiger partial charge in [0.15, 0.2) is 0 Å². The van der Waals surface area contributed by atoms with Crippen LogP contribution in [0, 0.1) is 0 Å². The van der Waals surface area contributed by atoms with Crippen LogP contribution >= 0.6 is 23.1 Å². The third-order valence-electron chi connectivity index (χ3n) is 6.27. The summed E-state index contributed by atoms with van der Waals surface area (Å²) >= 11 is 3.43. The first-order valence-corrected chi connectivity index (χ1v) is 14.3. The summed E-state index contributed by atoms with van der Waals surface area (Å²) in [4.78, 5) is 15.5. The van der Waals surface area contributed by atoms with E-state index in [4.69, 9.17) is 19.4 Å². The van der Waals surface area contributed by atoms with Crippen molar-refractivity contribution < 1.29 is 9.47 Å². The highest BCUT2D eigenvalue weighted by atomic mass is 32.2. The van der Waals surface area contributed by atoms with E-state index in [1.54, 1.807) is 18.4 Å². The van der Waals surface area contributed by atoms with Crippen molar-refractivity contribution >= 4 is 50.6 Å². The summed E-state index contributed by atoms with van der Waals surface area (Å²) in [7, 11) is 3.86. The highest BCUT2D eigenvalue weighted by Gasteiger charge is 2.17. The standard InChI is InChI=1S/C28H33N5O2S2/c1-19(2)37-25-8-6-5-7-20(25)18-35-27-26-23(11-16-36-26)30-28(31-27)29-22-10-9-21(17-24(22)34-4)33-14-12-32(3)13-15-33/h5-11,16-17,19H,12-15,18H2,1-4H3,(H,29,30,31). The molecule has 0 aliphatic carbocycles. The van der Waals surface area contributed by atoms with Crippen LogP contribution in [0.3, 0.4) is 0 Å². The number of hydrogen-bond acceptors (Lipinski definition) is 9. The van der Waals surface area contributed by atoms with Gasteiger partial charge in [0.05, 0.1) is 18.3 Å². The van der Waals surface area contributed by atoms with E-state index in [2.05, 4.69) is 72.4 Å². The molecule has 7 nitrogen and oxygen atoms in total. The molecule has 0 radical (unpaired) electrons. The fourth-order valence-electron chi connectivity index (χ4n) is 4.29. The second-order valence-electron chi connectivity index (χ2n) is 9.35. The molecule has 9 heteroatoms. The largest absolute Gasteiger partial charge is 0.494 e. The van der Waals surface area contributed by atoms with Crippen molar-refractivity contribution in [2.45, 2.75) is 30.6 Å². The van der Waals surface area contributed by atoms with Crippen LogP contribution in [0.2, 0.25) is 0 Å². The molecule has 4 aromatic rings. The number of ether oxygens (including phenoxy) is 2. The second-order valence-corrected chi connectivity index (χ2v) is 11.9. The maximum absolute atomic E-state index is 6.29. The number of rotatable bonds is 9. The molecule has 0 amide bonds. The van der Waals surface area contributed by atoms with Crippen molar-refractivity contribution in [3.63, 3.8) is 0 Å². The average Bonchev–Trinajstić information content (AvgIpc) is 3.37. The summed E-state index contributed by atoms with van der Waals surface area (Å²) in [5, 5.41) is 5.88. The Bertz CT molecular complexity index is 1350. The van der Waals surface area contributed by atoms with E-state index >= 15 is 0 Å². The summed E-state index contributed by atoms with van der Waals surface area (Å²) in [6, 6.07) is 16.6. The van der Waals surface area contributed by atoms with E-state index in [0.29, 0.717) is 23.7 Å². The number of likely N-dealkylation sites (N-methyl/N-ethyl adjacent to an activating group) is 1. The van der Waals surface area contributed by atoms with Crippen LogP contribution in [0.15, 0.2) is 58.8 Å². The van der Waals surface area contributed by atoms with E-state index in [1.165, 1.54) is 4.90 Å². The molecule has 0 saturated carbocycles. The number of thioether (sulfide) groups is 1. The van der Waals surface area contributed by atoms with Gasteiger partial charge in [0.25, 0.3) is 0 Å². The molecular weight excluding hydrogens is 502 g/mol. The summed E-state index contributed by atoms with van der Waals surface area (Å²) in [6.45, 7) is 8.97. The molecule has 2 aromatic carbocycles. The summed E-state index contributed by atoms with van der Waals surface area (Å²) < 4.78 is 13.0. The lowest BCUT2D eigenvalue weighted by molar-refractivity contribution is 0.296. The Morgan fingerprint density at radius 1 is 1.05 bits per heavy atom. The minimum atomic E-state index is 0.447. The lowest BCUT2D eigenvalue weighted by atomic mass is 10.2. The smallest absolute Gasteiger partial charge is 0.237 e. The Balaban J connectivity index is 1.37. The van der Waals surface area contributed by atoms with Gasteiger partial charge < -0.3 is 24.6 Å². The first-order chi connectivity index (χ1) is 18.0. The first-order valence-electron chi connectivity index (χ1n) is 12.5. The van der Waals surface area contributed by atoms with Gasteiger partial charge in [-0.2, -0.15) is 4.98 Å². The van der Waals surface area contributed by atoms with Crippen LogP contribution in [-0.4, -0.2) is 60.5 Å². The topological polar surface area (TPSA) is 62.8 Å². The summed E-state index contributed by atoms with van der Waals surface area (Å²) in [6.07, 6.45) is 0. The third kappa shape index (κ3) is 6.11. The van der Waals surface area contributed by atoms with Crippen LogP contribution in [-0.2, 0) is 6.61 Å². The molecule has 0 atom stereocenters. The number of thiophene rings is 1. The van der Waals surface area contributed by atoms with Crippen LogP contribution in [0.25, 0.3) is 10.2 Å². The van der Waals surface area contributed by atoms with Gasteiger partial charge in [0.1, 0.15) is 17.1 Å². The zero-order valence-electron chi connectivity index (χ0n) is 21.7. The molecule has 194 valence electrons. The zero-order valence-corrected chi connectivity index (χ0v) is 23.4. The number of nitrogens with zero attached hydrogens (tertiary/aromatic N) is 4. The van der Waals surface area contributed by atoms with Crippen LogP contribution in [0.5, 0.6) is 11.6 Å². The Hall–Kier alpha value is -3.01. The third-order valence-corrected chi connectivity index (χ3v) is 8.29. The van der Waals surface area contributed by atoms with Gasteiger partial charge in [0, 0.05) is 53.6 Å². The number of aromatic nitrogens is 2. The monoisotopic (exact) mass is 535 g/mol. The highest BCUT2D eigenvalue weighted by Crippen LogP contribution is 2.35. The van der Waals surface area contributed by atoms with Crippen LogP contribution in [0.1, 0.15) is 19.4 Å². The number of fused-ring (bicyclic) bond motifs is 1.